The summed E-state index contributed by atoms with van der Waals surface area (Å²) in [5.74, 6) is 0.137. The summed E-state index contributed by atoms with van der Waals surface area (Å²) in [6.07, 6.45) is 0.226. The van der Waals surface area contributed by atoms with E-state index in [9.17, 15) is 19.8 Å². The molecule has 0 radical (unpaired) electrons. The molecule has 0 bridgehead atoms. The van der Waals surface area contributed by atoms with E-state index in [0.717, 1.165) is 34.4 Å². The molecule has 0 aliphatic rings. The van der Waals surface area contributed by atoms with Crippen LogP contribution in [0.4, 0.5) is 0 Å². The van der Waals surface area contributed by atoms with E-state index in [-0.39, 0.29) is 37.1 Å². The molecule has 0 saturated heterocycles. The van der Waals surface area contributed by atoms with Crippen molar-refractivity contribution in [3.63, 3.8) is 0 Å². The Bertz CT molecular complexity index is 1460. The number of rotatable bonds is 17. The van der Waals surface area contributed by atoms with Crippen molar-refractivity contribution >= 4 is 11.9 Å². The molecule has 0 amide bonds. The van der Waals surface area contributed by atoms with Crippen LogP contribution in [0.5, 0.6) is 11.5 Å². The quantitative estimate of drug-likeness (QED) is 0.137. The van der Waals surface area contributed by atoms with Crippen molar-refractivity contribution in [2.24, 2.45) is 0 Å². The maximum absolute atomic E-state index is 11.3. The van der Waals surface area contributed by atoms with Crippen molar-refractivity contribution in [2.75, 3.05) is 19.8 Å². The first-order valence-corrected chi connectivity index (χ1v) is 15.3. The standard InChI is InChI=1S/C38H46O8/c1-8-35(41)45-25-32(40)24-44-34-19-15-28(16-20-34)38(6,7)30-12-10-11-29(22-30)37(4,5)27-13-17-33(18-14-27)43-23-31(39)21-26(3)46-36(42)9-2/h8-20,22,26,31-32,39-40H,1-2,21,23-25H2,3-7H3. The second-order valence-electron chi connectivity index (χ2n) is 12.3. The van der Waals surface area contributed by atoms with Crippen molar-refractivity contribution in [1.82, 2.24) is 0 Å². The summed E-state index contributed by atoms with van der Waals surface area (Å²) in [6, 6.07) is 24.2. The van der Waals surface area contributed by atoms with Gasteiger partial charge in [-0.3, -0.25) is 0 Å². The molecule has 0 spiro atoms. The van der Waals surface area contributed by atoms with Crippen molar-refractivity contribution in [3.8, 4) is 11.5 Å². The number of ether oxygens (including phenoxy) is 4. The van der Waals surface area contributed by atoms with E-state index in [2.05, 4.69) is 65.1 Å². The van der Waals surface area contributed by atoms with Crippen molar-refractivity contribution in [3.05, 3.63) is 120 Å². The monoisotopic (exact) mass is 630 g/mol. The second kappa shape index (κ2) is 16.2. The first kappa shape index (κ1) is 36.1. The average molecular weight is 631 g/mol. The van der Waals surface area contributed by atoms with E-state index in [1.807, 2.05) is 48.5 Å². The predicted molar refractivity (Wildman–Crippen MR) is 178 cm³/mol. The lowest BCUT2D eigenvalue weighted by Crippen LogP contribution is -2.25. The fourth-order valence-electron chi connectivity index (χ4n) is 4.98. The van der Waals surface area contributed by atoms with Gasteiger partial charge < -0.3 is 29.2 Å². The molecule has 3 unspecified atom stereocenters. The minimum Gasteiger partial charge on any atom is -0.491 e. The Morgan fingerprint density at radius 1 is 0.696 bits per heavy atom. The third-order valence-corrected chi connectivity index (χ3v) is 8.02. The molecule has 0 aliphatic carbocycles. The molecule has 0 heterocycles. The lowest BCUT2D eigenvalue weighted by Gasteiger charge is -2.31. The van der Waals surface area contributed by atoms with Crippen LogP contribution in [0.3, 0.4) is 0 Å². The first-order chi connectivity index (χ1) is 21.8. The highest BCUT2D eigenvalue weighted by Crippen LogP contribution is 2.37. The van der Waals surface area contributed by atoms with Gasteiger partial charge in [0.15, 0.2) is 0 Å². The van der Waals surface area contributed by atoms with E-state index < -0.39 is 30.3 Å². The molecule has 246 valence electrons. The van der Waals surface area contributed by atoms with Crippen molar-refractivity contribution in [2.45, 2.75) is 70.2 Å². The van der Waals surface area contributed by atoms with Crippen LogP contribution in [-0.2, 0) is 29.9 Å². The lowest BCUT2D eigenvalue weighted by atomic mass is 9.73. The largest absolute Gasteiger partial charge is 0.491 e. The van der Waals surface area contributed by atoms with Crippen LogP contribution in [0, 0.1) is 0 Å². The van der Waals surface area contributed by atoms with Gasteiger partial charge in [0.25, 0.3) is 0 Å². The third-order valence-electron chi connectivity index (χ3n) is 8.02. The van der Waals surface area contributed by atoms with E-state index in [4.69, 9.17) is 18.9 Å². The SMILES string of the molecule is C=CC(=O)OCC(O)COc1ccc(C(C)(C)c2cccc(C(C)(C)c3ccc(OCC(O)CC(C)OC(=O)C=C)cc3)c2)cc1. The summed E-state index contributed by atoms with van der Waals surface area (Å²) >= 11 is 0. The highest BCUT2D eigenvalue weighted by Gasteiger charge is 2.28. The minimum absolute atomic E-state index is 0.00630. The highest BCUT2D eigenvalue weighted by atomic mass is 16.6. The van der Waals surface area contributed by atoms with Crippen molar-refractivity contribution < 1.29 is 38.7 Å². The van der Waals surface area contributed by atoms with Crippen LogP contribution in [0.1, 0.15) is 63.3 Å². The molecule has 46 heavy (non-hydrogen) atoms. The molecular formula is C38H46O8. The van der Waals surface area contributed by atoms with Gasteiger partial charge in [-0.2, -0.15) is 0 Å². The number of benzene rings is 3. The third kappa shape index (κ3) is 10.1. The van der Waals surface area contributed by atoms with Gasteiger partial charge >= 0.3 is 11.9 Å². The van der Waals surface area contributed by atoms with Gasteiger partial charge in [0.1, 0.15) is 43.5 Å². The smallest absolute Gasteiger partial charge is 0.330 e. The van der Waals surface area contributed by atoms with E-state index in [1.165, 1.54) is 0 Å². The molecular weight excluding hydrogens is 584 g/mol. The number of hydrogen-bond acceptors (Lipinski definition) is 8. The fourth-order valence-corrected chi connectivity index (χ4v) is 4.98. The molecule has 8 heteroatoms. The molecule has 0 fully saturated rings. The van der Waals surface area contributed by atoms with E-state index in [0.29, 0.717) is 11.5 Å². The van der Waals surface area contributed by atoms with Crippen molar-refractivity contribution in [1.29, 1.82) is 0 Å². The zero-order valence-corrected chi connectivity index (χ0v) is 27.4. The van der Waals surface area contributed by atoms with Gasteiger partial charge in [-0.25, -0.2) is 9.59 Å². The number of aliphatic hydroxyl groups excluding tert-OH is 2. The lowest BCUT2D eigenvalue weighted by molar-refractivity contribution is -0.143. The fraction of sp³-hybridized carbons (Fsp3) is 0.368. The zero-order valence-electron chi connectivity index (χ0n) is 27.4. The Morgan fingerprint density at radius 2 is 1.15 bits per heavy atom. The van der Waals surface area contributed by atoms with Crippen LogP contribution in [0.15, 0.2) is 98.1 Å². The average Bonchev–Trinajstić information content (AvgIpc) is 3.05. The molecule has 3 aromatic carbocycles. The second-order valence-corrected chi connectivity index (χ2v) is 12.3. The Balaban J connectivity index is 1.63. The number of esters is 2. The predicted octanol–water partition coefficient (Wildman–Crippen LogP) is 6.05. The maximum atomic E-state index is 11.3. The number of carbonyl (C=O) groups excluding carboxylic acids is 2. The Hall–Kier alpha value is -4.40. The molecule has 0 saturated carbocycles. The van der Waals surface area contributed by atoms with E-state index in [1.54, 1.807) is 6.92 Å². The highest BCUT2D eigenvalue weighted by molar-refractivity contribution is 5.81. The molecule has 0 aliphatic heterocycles. The summed E-state index contributed by atoms with van der Waals surface area (Å²) < 4.78 is 21.4. The number of hydrogen-bond donors (Lipinski definition) is 2. The molecule has 3 aromatic rings. The van der Waals surface area contributed by atoms with Crippen LogP contribution < -0.4 is 9.47 Å². The Labute approximate surface area is 272 Å². The van der Waals surface area contributed by atoms with E-state index >= 15 is 0 Å². The van der Waals surface area contributed by atoms with Crippen LogP contribution in [-0.4, -0.2) is 60.3 Å². The Morgan fingerprint density at radius 3 is 1.61 bits per heavy atom. The summed E-state index contributed by atoms with van der Waals surface area (Å²) in [5, 5.41) is 20.3. The molecule has 3 atom stereocenters. The zero-order chi connectivity index (χ0) is 33.9. The normalized spacial score (nSPS) is 13.5. The number of carbonyl (C=O) groups is 2. The van der Waals surface area contributed by atoms with Gasteiger partial charge in [0.05, 0.1) is 6.10 Å². The maximum Gasteiger partial charge on any atom is 0.330 e. The summed E-state index contributed by atoms with van der Waals surface area (Å²) in [5.41, 5.74) is 3.94. The summed E-state index contributed by atoms with van der Waals surface area (Å²) in [7, 11) is 0. The van der Waals surface area contributed by atoms with Gasteiger partial charge in [0.2, 0.25) is 0 Å². The first-order valence-electron chi connectivity index (χ1n) is 15.3. The Kier molecular flexibility index (Phi) is 12.7. The van der Waals surface area contributed by atoms with Crippen LogP contribution in [0.25, 0.3) is 0 Å². The summed E-state index contributed by atoms with van der Waals surface area (Å²) in [4.78, 5) is 22.5. The molecule has 0 aromatic heterocycles. The minimum atomic E-state index is -0.946. The molecule has 8 nitrogen and oxygen atoms in total. The summed E-state index contributed by atoms with van der Waals surface area (Å²) in [6.45, 7) is 17.1. The van der Waals surface area contributed by atoms with Gasteiger partial charge in [-0.1, -0.05) is 89.4 Å². The van der Waals surface area contributed by atoms with Gasteiger partial charge in [-0.15, -0.1) is 0 Å². The molecule has 2 N–H and O–H groups in total. The van der Waals surface area contributed by atoms with Crippen LogP contribution >= 0.6 is 0 Å². The van der Waals surface area contributed by atoms with Gasteiger partial charge in [0, 0.05) is 29.4 Å². The topological polar surface area (TPSA) is 112 Å². The van der Waals surface area contributed by atoms with Gasteiger partial charge in [-0.05, 0) is 53.4 Å². The molecule has 3 rings (SSSR count). The van der Waals surface area contributed by atoms with Crippen LogP contribution in [0.2, 0.25) is 0 Å². The number of aliphatic hydroxyl groups is 2.